The Balaban J connectivity index is 1.54. The fraction of sp³-hybridized carbons (Fsp3) is 0.200. The zero-order valence-corrected chi connectivity index (χ0v) is 19.4. The van der Waals surface area contributed by atoms with E-state index in [4.69, 9.17) is 11.6 Å². The fourth-order valence-corrected chi connectivity index (χ4v) is 4.98. The molecule has 0 aliphatic carbocycles. The second-order valence-corrected chi connectivity index (χ2v) is 9.23. The molecular weight excluding hydrogens is 442 g/mol. The molecule has 1 aliphatic rings. The van der Waals surface area contributed by atoms with Gasteiger partial charge in [0.05, 0.1) is 5.75 Å². The number of hydrogen-bond acceptors (Lipinski definition) is 4. The predicted octanol–water partition coefficient (Wildman–Crippen LogP) is 5.45. The topological polar surface area (TPSA) is 52.6 Å². The zero-order chi connectivity index (χ0) is 22.7. The summed E-state index contributed by atoms with van der Waals surface area (Å²) in [5.74, 6) is 0.187. The normalized spacial score (nSPS) is 16.7. The maximum atomic E-state index is 12.7. The number of carbonyl (C=O) groups excluding carboxylic acids is 2. The average molecular weight is 466 g/mol. The molecule has 1 fully saturated rings. The summed E-state index contributed by atoms with van der Waals surface area (Å²) < 4.78 is 0. The SMILES string of the molecule is CN(C)c1ccc(N2C(=O)CS[C@@H]2c2cccc(NC(=O)[C@@H](Cl)c3ccccc3)c2)cc1. The van der Waals surface area contributed by atoms with Crippen LogP contribution in [0, 0.1) is 0 Å². The number of hydrogen-bond donors (Lipinski definition) is 1. The standard InChI is InChI=1S/C25H24ClN3O2S/c1-28(2)20-11-13-21(14-12-20)29-22(30)16-32-25(29)18-9-6-10-19(15-18)27-24(31)23(26)17-7-4-3-5-8-17/h3-15,23,25H,16H2,1-2H3,(H,27,31)/t23-,25+/m0/s1. The van der Waals surface area contributed by atoms with Gasteiger partial charge in [-0.1, -0.05) is 42.5 Å². The van der Waals surface area contributed by atoms with Gasteiger partial charge in [0.1, 0.15) is 10.8 Å². The minimum Gasteiger partial charge on any atom is -0.378 e. The summed E-state index contributed by atoms with van der Waals surface area (Å²) in [6.45, 7) is 0. The smallest absolute Gasteiger partial charge is 0.246 e. The summed E-state index contributed by atoms with van der Waals surface area (Å²) in [5.41, 5.74) is 4.27. The number of thioether (sulfide) groups is 1. The number of nitrogens with one attached hydrogen (secondary N) is 1. The molecule has 7 heteroatoms. The molecule has 0 unspecified atom stereocenters. The highest BCUT2D eigenvalue weighted by Crippen LogP contribution is 2.42. The number of carbonyl (C=O) groups is 2. The van der Waals surface area contributed by atoms with Crippen LogP contribution in [0.15, 0.2) is 78.9 Å². The van der Waals surface area contributed by atoms with E-state index in [9.17, 15) is 9.59 Å². The zero-order valence-electron chi connectivity index (χ0n) is 17.9. The summed E-state index contributed by atoms with van der Waals surface area (Å²) in [6, 6.07) is 24.8. The van der Waals surface area contributed by atoms with Crippen LogP contribution in [0.2, 0.25) is 0 Å². The van der Waals surface area contributed by atoms with E-state index in [1.165, 1.54) is 0 Å². The Morgan fingerprint density at radius 2 is 1.78 bits per heavy atom. The third-order valence-electron chi connectivity index (χ3n) is 5.27. The molecule has 1 heterocycles. The first-order valence-electron chi connectivity index (χ1n) is 10.2. The van der Waals surface area contributed by atoms with Crippen molar-refractivity contribution in [2.24, 2.45) is 0 Å². The molecule has 32 heavy (non-hydrogen) atoms. The van der Waals surface area contributed by atoms with Crippen LogP contribution in [-0.2, 0) is 9.59 Å². The van der Waals surface area contributed by atoms with E-state index >= 15 is 0 Å². The number of alkyl halides is 1. The first-order chi connectivity index (χ1) is 15.4. The van der Waals surface area contributed by atoms with Crippen LogP contribution in [0.3, 0.4) is 0 Å². The molecule has 0 bridgehead atoms. The molecule has 3 aromatic carbocycles. The molecule has 0 radical (unpaired) electrons. The fourth-order valence-electron chi connectivity index (χ4n) is 3.61. The van der Waals surface area contributed by atoms with Gasteiger partial charge in [-0.25, -0.2) is 0 Å². The van der Waals surface area contributed by atoms with Crippen LogP contribution in [0.25, 0.3) is 0 Å². The molecule has 1 saturated heterocycles. The van der Waals surface area contributed by atoms with Crippen LogP contribution >= 0.6 is 23.4 Å². The van der Waals surface area contributed by atoms with Gasteiger partial charge in [0.15, 0.2) is 0 Å². The molecule has 164 valence electrons. The molecule has 2 atom stereocenters. The van der Waals surface area contributed by atoms with Gasteiger partial charge in [-0.3, -0.25) is 14.5 Å². The van der Waals surface area contributed by atoms with Crippen molar-refractivity contribution >= 4 is 52.2 Å². The maximum Gasteiger partial charge on any atom is 0.246 e. The van der Waals surface area contributed by atoms with Crippen LogP contribution in [0.1, 0.15) is 21.9 Å². The van der Waals surface area contributed by atoms with Crippen LogP contribution < -0.4 is 15.1 Å². The molecule has 3 aromatic rings. The summed E-state index contributed by atoms with van der Waals surface area (Å²) in [6.07, 6.45) is 0. The Kier molecular flexibility index (Phi) is 6.72. The molecular formula is C25H24ClN3O2S. The average Bonchev–Trinajstić information content (AvgIpc) is 3.20. The highest BCUT2D eigenvalue weighted by Gasteiger charge is 2.34. The number of anilines is 3. The minimum absolute atomic E-state index is 0.0666. The van der Waals surface area contributed by atoms with Crippen LogP contribution in [-0.4, -0.2) is 31.7 Å². The van der Waals surface area contributed by atoms with E-state index < -0.39 is 5.38 Å². The van der Waals surface area contributed by atoms with E-state index in [2.05, 4.69) is 5.32 Å². The maximum absolute atomic E-state index is 12.7. The lowest BCUT2D eigenvalue weighted by molar-refractivity contribution is -0.116. The molecule has 0 saturated carbocycles. The largest absolute Gasteiger partial charge is 0.378 e. The number of rotatable bonds is 6. The Bertz CT molecular complexity index is 1110. The van der Waals surface area contributed by atoms with Crippen molar-refractivity contribution in [1.29, 1.82) is 0 Å². The minimum atomic E-state index is -0.783. The van der Waals surface area contributed by atoms with Crippen molar-refractivity contribution in [2.75, 3.05) is 35.0 Å². The van der Waals surface area contributed by atoms with Crippen molar-refractivity contribution in [3.63, 3.8) is 0 Å². The van der Waals surface area contributed by atoms with Crippen LogP contribution in [0.5, 0.6) is 0 Å². The van der Waals surface area contributed by atoms with Gasteiger partial charge in [-0.15, -0.1) is 23.4 Å². The quantitative estimate of drug-likeness (QED) is 0.492. The summed E-state index contributed by atoms with van der Waals surface area (Å²) in [5, 5.41) is 1.96. The van der Waals surface area contributed by atoms with E-state index in [-0.39, 0.29) is 17.2 Å². The predicted molar refractivity (Wildman–Crippen MR) is 134 cm³/mol. The number of halogens is 1. The van der Waals surface area contributed by atoms with Crippen molar-refractivity contribution in [2.45, 2.75) is 10.8 Å². The lowest BCUT2D eigenvalue weighted by Gasteiger charge is -2.25. The van der Waals surface area contributed by atoms with Gasteiger partial charge in [-0.05, 0) is 47.5 Å². The van der Waals surface area contributed by atoms with Crippen LogP contribution in [0.4, 0.5) is 17.1 Å². The van der Waals surface area contributed by atoms with Gasteiger partial charge in [0, 0.05) is 31.2 Å². The monoisotopic (exact) mass is 465 g/mol. The molecule has 5 nitrogen and oxygen atoms in total. The molecule has 1 N–H and O–H groups in total. The number of amides is 2. The Hall–Kier alpha value is -2.96. The van der Waals surface area contributed by atoms with Gasteiger partial charge in [0.25, 0.3) is 0 Å². The molecule has 4 rings (SSSR count). The Labute approximate surface area is 197 Å². The third-order valence-corrected chi connectivity index (χ3v) is 6.94. The van der Waals surface area contributed by atoms with Crippen molar-refractivity contribution < 1.29 is 9.59 Å². The van der Waals surface area contributed by atoms with Crippen molar-refractivity contribution in [3.8, 4) is 0 Å². The molecule has 0 aromatic heterocycles. The first kappa shape index (κ1) is 22.2. The summed E-state index contributed by atoms with van der Waals surface area (Å²) in [4.78, 5) is 29.2. The first-order valence-corrected chi connectivity index (χ1v) is 11.7. The Morgan fingerprint density at radius 3 is 2.47 bits per heavy atom. The lowest BCUT2D eigenvalue weighted by Crippen LogP contribution is -2.28. The van der Waals surface area contributed by atoms with Gasteiger partial charge in [0.2, 0.25) is 11.8 Å². The highest BCUT2D eigenvalue weighted by atomic mass is 35.5. The summed E-state index contributed by atoms with van der Waals surface area (Å²) in [7, 11) is 3.97. The van der Waals surface area contributed by atoms with E-state index in [0.717, 1.165) is 22.5 Å². The Morgan fingerprint density at radius 1 is 1.06 bits per heavy atom. The number of benzene rings is 3. The van der Waals surface area contributed by atoms with E-state index in [1.807, 2.05) is 103 Å². The highest BCUT2D eigenvalue weighted by molar-refractivity contribution is 8.00. The summed E-state index contributed by atoms with van der Waals surface area (Å²) >= 11 is 7.93. The van der Waals surface area contributed by atoms with E-state index in [1.54, 1.807) is 11.8 Å². The van der Waals surface area contributed by atoms with Gasteiger partial charge in [-0.2, -0.15) is 0 Å². The van der Waals surface area contributed by atoms with Gasteiger partial charge >= 0.3 is 0 Å². The van der Waals surface area contributed by atoms with Crippen molar-refractivity contribution in [1.82, 2.24) is 0 Å². The lowest BCUT2D eigenvalue weighted by atomic mass is 10.1. The van der Waals surface area contributed by atoms with Crippen molar-refractivity contribution in [3.05, 3.63) is 90.0 Å². The molecule has 1 aliphatic heterocycles. The second kappa shape index (κ2) is 9.67. The molecule has 2 amide bonds. The molecule has 0 spiro atoms. The van der Waals surface area contributed by atoms with Gasteiger partial charge < -0.3 is 10.2 Å². The third kappa shape index (κ3) is 4.76. The second-order valence-electron chi connectivity index (χ2n) is 7.73. The number of nitrogens with zero attached hydrogens (tertiary/aromatic N) is 2. The van der Waals surface area contributed by atoms with E-state index in [0.29, 0.717) is 11.4 Å².